The molecule has 1 aromatic heterocycles. The predicted octanol–water partition coefficient (Wildman–Crippen LogP) is 3.01. The summed E-state index contributed by atoms with van der Waals surface area (Å²) in [5.41, 5.74) is 2.72. The lowest BCUT2D eigenvalue weighted by Gasteiger charge is -2.24. The van der Waals surface area contributed by atoms with Crippen molar-refractivity contribution in [2.75, 3.05) is 26.3 Å². The van der Waals surface area contributed by atoms with Gasteiger partial charge in [-0.05, 0) is 24.1 Å². The number of nitrogens with zero attached hydrogens (tertiary/aromatic N) is 2. The number of likely N-dealkylation sites (tertiary alicyclic amines) is 1. The highest BCUT2D eigenvalue weighted by molar-refractivity contribution is 5.96. The second-order valence-corrected chi connectivity index (χ2v) is 9.55. The van der Waals surface area contributed by atoms with Crippen LogP contribution < -0.4 is 5.32 Å². The van der Waals surface area contributed by atoms with Crippen molar-refractivity contribution in [1.29, 1.82) is 0 Å². The van der Waals surface area contributed by atoms with Gasteiger partial charge < -0.3 is 24.4 Å². The fourth-order valence-electron chi connectivity index (χ4n) is 4.69. The molecule has 5 rings (SSSR count). The predicted molar refractivity (Wildman–Crippen MR) is 138 cm³/mol. The van der Waals surface area contributed by atoms with Crippen molar-refractivity contribution in [3.8, 4) is 11.1 Å². The molecule has 2 aromatic carbocycles. The molecular formula is C29H28FN3O6. The molecule has 2 aliphatic rings. The molecule has 10 heteroatoms. The van der Waals surface area contributed by atoms with Crippen LogP contribution in [0.1, 0.15) is 28.0 Å². The summed E-state index contributed by atoms with van der Waals surface area (Å²) in [7, 11) is 0. The summed E-state index contributed by atoms with van der Waals surface area (Å²) in [5, 5.41) is 2.41. The maximum absolute atomic E-state index is 14.8. The van der Waals surface area contributed by atoms with Crippen molar-refractivity contribution in [3.63, 3.8) is 0 Å². The lowest BCUT2D eigenvalue weighted by atomic mass is 10.1. The van der Waals surface area contributed by atoms with Gasteiger partial charge in [0.25, 0.3) is 5.91 Å². The van der Waals surface area contributed by atoms with E-state index in [0.717, 1.165) is 16.7 Å². The normalized spacial score (nSPS) is 17.8. The Labute approximate surface area is 224 Å². The summed E-state index contributed by atoms with van der Waals surface area (Å²) < 4.78 is 31.7. The van der Waals surface area contributed by atoms with E-state index in [0.29, 0.717) is 18.8 Å². The molecule has 1 atom stereocenters. The molecule has 2 amide bonds. The van der Waals surface area contributed by atoms with Crippen LogP contribution >= 0.6 is 0 Å². The van der Waals surface area contributed by atoms with Crippen LogP contribution in [-0.2, 0) is 30.4 Å². The molecule has 2 aliphatic heterocycles. The number of amides is 2. The van der Waals surface area contributed by atoms with Gasteiger partial charge in [-0.3, -0.25) is 9.59 Å². The van der Waals surface area contributed by atoms with Gasteiger partial charge in [0.1, 0.15) is 12.6 Å². The molecular weight excluding hydrogens is 505 g/mol. The Hall–Kier alpha value is -4.15. The highest BCUT2D eigenvalue weighted by Crippen LogP contribution is 2.35. The van der Waals surface area contributed by atoms with Crippen LogP contribution in [0.3, 0.4) is 0 Å². The van der Waals surface area contributed by atoms with Gasteiger partial charge in [0.05, 0.1) is 26.3 Å². The molecule has 0 aliphatic carbocycles. The van der Waals surface area contributed by atoms with E-state index in [-0.39, 0.29) is 19.6 Å². The first-order valence-electron chi connectivity index (χ1n) is 12.6. The fourth-order valence-corrected chi connectivity index (χ4v) is 4.69. The number of carbonyl (C=O) groups excluding carboxylic acids is 3. The zero-order valence-corrected chi connectivity index (χ0v) is 21.4. The largest absolute Gasteiger partial charge is 0.459 e. The van der Waals surface area contributed by atoms with Crippen molar-refractivity contribution < 1.29 is 33.0 Å². The summed E-state index contributed by atoms with van der Waals surface area (Å²) in [5.74, 6) is -3.92. The van der Waals surface area contributed by atoms with E-state index in [2.05, 4.69) is 10.3 Å². The average molecular weight is 534 g/mol. The molecule has 3 heterocycles. The number of benzene rings is 2. The highest BCUT2D eigenvalue weighted by atomic mass is 19.1. The van der Waals surface area contributed by atoms with Crippen LogP contribution in [0.5, 0.6) is 0 Å². The van der Waals surface area contributed by atoms with E-state index in [4.69, 9.17) is 14.2 Å². The molecule has 1 spiro atoms. The molecule has 0 unspecified atom stereocenters. The van der Waals surface area contributed by atoms with Crippen LogP contribution in [-0.4, -0.2) is 65.8 Å². The molecule has 2 fully saturated rings. The molecule has 9 nitrogen and oxygen atoms in total. The Bertz CT molecular complexity index is 1360. The van der Waals surface area contributed by atoms with Gasteiger partial charge in [0, 0.05) is 18.2 Å². The van der Waals surface area contributed by atoms with Crippen molar-refractivity contribution in [2.24, 2.45) is 0 Å². The maximum Gasteiger partial charge on any atom is 0.329 e. The van der Waals surface area contributed by atoms with E-state index in [1.54, 1.807) is 0 Å². The summed E-state index contributed by atoms with van der Waals surface area (Å²) in [6, 6.07) is 16.9. The van der Waals surface area contributed by atoms with Gasteiger partial charge in [-0.1, -0.05) is 60.2 Å². The fraction of sp³-hybridized carbons (Fsp3) is 0.310. The van der Waals surface area contributed by atoms with Crippen LogP contribution in [0.15, 0.2) is 66.9 Å². The number of halogens is 1. The van der Waals surface area contributed by atoms with Crippen LogP contribution in [0, 0.1) is 12.7 Å². The first kappa shape index (κ1) is 26.5. The van der Waals surface area contributed by atoms with Crippen LogP contribution in [0.2, 0.25) is 0 Å². The van der Waals surface area contributed by atoms with Gasteiger partial charge in [-0.25, -0.2) is 14.2 Å². The number of rotatable bonds is 7. The summed E-state index contributed by atoms with van der Waals surface area (Å²) in [6.45, 7) is 2.21. The second kappa shape index (κ2) is 11.3. The minimum atomic E-state index is -1.10. The zero-order chi connectivity index (χ0) is 27.4. The summed E-state index contributed by atoms with van der Waals surface area (Å²) >= 11 is 0. The molecule has 0 saturated carbocycles. The smallest absolute Gasteiger partial charge is 0.329 e. The lowest BCUT2D eigenvalue weighted by molar-refractivity contribution is -0.155. The number of ether oxygens (including phenoxy) is 3. The summed E-state index contributed by atoms with van der Waals surface area (Å²) in [4.78, 5) is 44.0. The van der Waals surface area contributed by atoms with Crippen molar-refractivity contribution in [1.82, 2.24) is 15.2 Å². The Kier molecular flexibility index (Phi) is 7.67. The first-order valence-corrected chi connectivity index (χ1v) is 12.6. The SMILES string of the molecule is Cc1ccc(-c2cnc(C(=O)NCC(=O)N3CC4(C[C@H]3C(=O)OCc3ccccc3)OCCO4)c(F)c2)cc1. The number of hydrogen-bond acceptors (Lipinski definition) is 7. The van der Waals surface area contributed by atoms with Gasteiger partial charge >= 0.3 is 5.97 Å². The number of aryl methyl sites for hydroxylation is 1. The number of hydrogen-bond donors (Lipinski definition) is 1. The number of esters is 1. The molecule has 0 bridgehead atoms. The van der Waals surface area contributed by atoms with E-state index in [1.165, 1.54) is 17.2 Å². The Morgan fingerprint density at radius 1 is 1.08 bits per heavy atom. The Morgan fingerprint density at radius 3 is 2.49 bits per heavy atom. The molecule has 0 radical (unpaired) electrons. The van der Waals surface area contributed by atoms with Gasteiger partial charge in [-0.2, -0.15) is 0 Å². The standard InChI is InChI=1S/C29H28FN3O6/c1-19-7-9-21(10-8-19)22-13-23(30)26(31-15-22)27(35)32-16-25(34)33-18-29(38-11-12-39-29)14-24(33)28(36)37-17-20-5-3-2-4-6-20/h2-10,13,15,24H,11-12,14,16-18H2,1H3,(H,32,35)/t24-/m0/s1. The Morgan fingerprint density at radius 2 is 1.79 bits per heavy atom. The number of nitrogens with one attached hydrogen (secondary N) is 1. The third-order valence-electron chi connectivity index (χ3n) is 6.76. The molecule has 1 N–H and O–H groups in total. The highest BCUT2D eigenvalue weighted by Gasteiger charge is 2.53. The zero-order valence-electron chi connectivity index (χ0n) is 21.4. The molecule has 3 aromatic rings. The van der Waals surface area contributed by atoms with Crippen LogP contribution in [0.4, 0.5) is 4.39 Å². The number of pyridine rings is 1. The Balaban J connectivity index is 1.23. The monoisotopic (exact) mass is 533 g/mol. The topological polar surface area (TPSA) is 107 Å². The maximum atomic E-state index is 14.8. The third kappa shape index (κ3) is 5.97. The van der Waals surface area contributed by atoms with E-state index < -0.39 is 47.7 Å². The van der Waals surface area contributed by atoms with Crippen molar-refractivity contribution in [2.45, 2.75) is 31.8 Å². The minimum Gasteiger partial charge on any atom is -0.459 e. The first-order chi connectivity index (χ1) is 18.8. The quantitative estimate of drug-likeness (QED) is 0.466. The van der Waals surface area contributed by atoms with Gasteiger partial charge in [-0.15, -0.1) is 0 Å². The minimum absolute atomic E-state index is 0.00463. The third-order valence-corrected chi connectivity index (χ3v) is 6.76. The van der Waals surface area contributed by atoms with Crippen molar-refractivity contribution in [3.05, 3.63) is 89.5 Å². The van der Waals surface area contributed by atoms with E-state index in [9.17, 15) is 18.8 Å². The lowest BCUT2D eigenvalue weighted by Crippen LogP contribution is -2.46. The van der Waals surface area contributed by atoms with Gasteiger partial charge in [0.15, 0.2) is 17.3 Å². The van der Waals surface area contributed by atoms with E-state index >= 15 is 0 Å². The summed E-state index contributed by atoms with van der Waals surface area (Å²) in [6.07, 6.45) is 1.51. The van der Waals surface area contributed by atoms with Gasteiger partial charge in [0.2, 0.25) is 5.91 Å². The second-order valence-electron chi connectivity index (χ2n) is 9.55. The molecule has 2 saturated heterocycles. The average Bonchev–Trinajstić information content (AvgIpc) is 3.58. The van der Waals surface area contributed by atoms with Crippen LogP contribution in [0.25, 0.3) is 11.1 Å². The molecule has 39 heavy (non-hydrogen) atoms. The van der Waals surface area contributed by atoms with Crippen molar-refractivity contribution >= 4 is 17.8 Å². The number of aromatic nitrogens is 1. The molecule has 202 valence electrons. The number of carbonyl (C=O) groups is 3. The van der Waals surface area contributed by atoms with E-state index in [1.807, 2.05) is 61.5 Å².